The number of hydrogen-bond donors (Lipinski definition) is 1. The van der Waals surface area contributed by atoms with Gasteiger partial charge in [0.2, 0.25) is 0 Å². The average molecular weight is 458 g/mol. The highest BCUT2D eigenvalue weighted by Gasteiger charge is 2.26. The first-order chi connectivity index (χ1) is 15.2. The topological polar surface area (TPSA) is 70.6 Å². The molecule has 4 rings (SSSR count). The molecule has 1 N–H and O–H groups in total. The number of carbonyl (C=O) groups is 1. The van der Waals surface area contributed by atoms with Crippen molar-refractivity contribution in [3.63, 3.8) is 0 Å². The number of nitrogens with zero attached hydrogens (tertiary/aromatic N) is 4. The van der Waals surface area contributed by atoms with E-state index in [1.165, 1.54) is 12.4 Å². The summed E-state index contributed by atoms with van der Waals surface area (Å²) in [5.74, 6) is -0.0693. The molecule has 0 atom stereocenters. The van der Waals surface area contributed by atoms with Gasteiger partial charge in [-0.15, -0.1) is 0 Å². The van der Waals surface area contributed by atoms with Crippen LogP contribution in [0.4, 0.5) is 26.4 Å². The van der Waals surface area contributed by atoms with E-state index < -0.39 is 11.4 Å². The van der Waals surface area contributed by atoms with E-state index in [-0.39, 0.29) is 16.8 Å². The van der Waals surface area contributed by atoms with Crippen molar-refractivity contribution in [2.24, 2.45) is 0 Å². The number of halogens is 2. The lowest BCUT2D eigenvalue weighted by atomic mass is 10.1. The minimum atomic E-state index is -0.546. The van der Waals surface area contributed by atoms with Gasteiger partial charge in [0.1, 0.15) is 17.7 Å². The highest BCUT2D eigenvalue weighted by molar-refractivity contribution is 6.31. The molecule has 0 radical (unpaired) electrons. The Morgan fingerprint density at radius 2 is 2.00 bits per heavy atom. The van der Waals surface area contributed by atoms with Crippen LogP contribution in [0.25, 0.3) is 10.9 Å². The monoisotopic (exact) mass is 457 g/mol. The molecule has 1 aliphatic rings. The zero-order chi connectivity index (χ0) is 22.9. The Bertz CT molecular complexity index is 1150. The fraction of sp³-hybridized carbons (Fsp3) is 0.348. The first kappa shape index (κ1) is 22.1. The summed E-state index contributed by atoms with van der Waals surface area (Å²) in [7, 11) is 0. The molecule has 0 unspecified atom stereocenters. The van der Waals surface area contributed by atoms with Crippen molar-refractivity contribution < 1.29 is 13.9 Å². The number of carbonyl (C=O) groups excluding carboxylic acids is 1. The van der Waals surface area contributed by atoms with Crippen molar-refractivity contribution >= 4 is 45.8 Å². The molecular formula is C23H25ClFN5O2. The molecule has 0 aliphatic carbocycles. The number of benzene rings is 2. The van der Waals surface area contributed by atoms with E-state index in [1.807, 2.05) is 39.0 Å². The summed E-state index contributed by atoms with van der Waals surface area (Å²) in [6.45, 7) is 7.42. The summed E-state index contributed by atoms with van der Waals surface area (Å²) in [4.78, 5) is 24.9. The van der Waals surface area contributed by atoms with Crippen LogP contribution >= 0.6 is 11.6 Å². The first-order valence-electron chi connectivity index (χ1n) is 10.4. The van der Waals surface area contributed by atoms with Crippen LogP contribution in [0.3, 0.4) is 0 Å². The minimum absolute atomic E-state index is 0.0320. The summed E-state index contributed by atoms with van der Waals surface area (Å²) in [6.07, 6.45) is 1.92. The fourth-order valence-electron chi connectivity index (χ4n) is 3.55. The molecule has 1 amide bonds. The summed E-state index contributed by atoms with van der Waals surface area (Å²) in [5, 5.41) is 3.79. The van der Waals surface area contributed by atoms with Gasteiger partial charge in [0.15, 0.2) is 5.82 Å². The van der Waals surface area contributed by atoms with Crippen LogP contribution in [0.15, 0.2) is 42.7 Å². The summed E-state index contributed by atoms with van der Waals surface area (Å²) < 4.78 is 19.9. The predicted octanol–water partition coefficient (Wildman–Crippen LogP) is 5.57. The van der Waals surface area contributed by atoms with E-state index in [4.69, 9.17) is 16.3 Å². The van der Waals surface area contributed by atoms with E-state index in [1.54, 1.807) is 17.0 Å². The average Bonchev–Trinajstić information content (AvgIpc) is 2.76. The van der Waals surface area contributed by atoms with Gasteiger partial charge in [-0.2, -0.15) is 0 Å². The van der Waals surface area contributed by atoms with Crippen LogP contribution in [0, 0.1) is 5.82 Å². The smallest absolute Gasteiger partial charge is 0.411 e. The standard InChI is InChI=1S/C23H25ClFN5O2/c1-23(2,3)32-22(31)30-11-5-10-29(14-30)15-8-9-18-16(12-15)21(27-13-26-18)28-19-7-4-6-17(24)20(19)25/h4,6-9,12-13H,5,10-11,14H2,1-3H3,(H,26,27,28). The molecule has 9 heteroatoms. The minimum Gasteiger partial charge on any atom is -0.444 e. The maximum absolute atomic E-state index is 14.4. The van der Waals surface area contributed by atoms with Gasteiger partial charge in [-0.05, 0) is 57.5 Å². The fourth-order valence-corrected chi connectivity index (χ4v) is 3.73. The summed E-state index contributed by atoms with van der Waals surface area (Å²) in [5.41, 5.74) is 1.32. The molecule has 1 fully saturated rings. The lowest BCUT2D eigenvalue weighted by Gasteiger charge is -2.37. The molecule has 0 bridgehead atoms. The lowest BCUT2D eigenvalue weighted by molar-refractivity contribution is 0.0226. The number of rotatable bonds is 3. The van der Waals surface area contributed by atoms with E-state index in [2.05, 4.69) is 20.2 Å². The number of anilines is 3. The summed E-state index contributed by atoms with van der Waals surface area (Å²) in [6, 6.07) is 10.5. The third kappa shape index (κ3) is 4.85. The van der Waals surface area contributed by atoms with Gasteiger partial charge in [0, 0.05) is 24.2 Å². The van der Waals surface area contributed by atoms with Crippen molar-refractivity contribution in [1.82, 2.24) is 14.9 Å². The third-order valence-corrected chi connectivity index (χ3v) is 5.33. The van der Waals surface area contributed by atoms with Gasteiger partial charge in [0.25, 0.3) is 0 Å². The number of hydrogen-bond acceptors (Lipinski definition) is 6. The highest BCUT2D eigenvalue weighted by atomic mass is 35.5. The molecule has 0 spiro atoms. The Hall–Kier alpha value is -3.13. The van der Waals surface area contributed by atoms with Crippen LogP contribution in [0.2, 0.25) is 5.02 Å². The van der Waals surface area contributed by atoms with Crippen LogP contribution in [-0.4, -0.2) is 46.3 Å². The van der Waals surface area contributed by atoms with Gasteiger partial charge in [-0.3, -0.25) is 4.90 Å². The van der Waals surface area contributed by atoms with Crippen LogP contribution < -0.4 is 10.2 Å². The number of amides is 1. The molecule has 7 nitrogen and oxygen atoms in total. The van der Waals surface area contributed by atoms with E-state index in [0.29, 0.717) is 19.0 Å². The second-order valence-electron chi connectivity index (χ2n) is 8.65. The molecule has 2 aromatic carbocycles. The SMILES string of the molecule is CC(C)(C)OC(=O)N1CCCN(c2ccc3ncnc(Nc4cccc(Cl)c4F)c3c2)C1. The van der Waals surface area contributed by atoms with Gasteiger partial charge in [-0.1, -0.05) is 17.7 Å². The van der Waals surface area contributed by atoms with Crippen molar-refractivity contribution in [1.29, 1.82) is 0 Å². The largest absolute Gasteiger partial charge is 0.444 e. The van der Waals surface area contributed by atoms with Crippen molar-refractivity contribution in [2.45, 2.75) is 32.8 Å². The number of ether oxygens (including phenoxy) is 1. The zero-order valence-corrected chi connectivity index (χ0v) is 19.0. The number of aromatic nitrogens is 2. The molecule has 168 valence electrons. The quantitative estimate of drug-likeness (QED) is 0.554. The van der Waals surface area contributed by atoms with Crippen molar-refractivity contribution in [3.05, 3.63) is 53.6 Å². The van der Waals surface area contributed by atoms with Crippen LogP contribution in [0.5, 0.6) is 0 Å². The van der Waals surface area contributed by atoms with E-state index in [9.17, 15) is 9.18 Å². The number of nitrogens with one attached hydrogen (secondary N) is 1. The molecule has 0 saturated carbocycles. The lowest BCUT2D eigenvalue weighted by Crippen LogP contribution is -2.49. The Balaban J connectivity index is 1.61. The van der Waals surface area contributed by atoms with E-state index in [0.717, 1.165) is 29.6 Å². The Kier molecular flexibility index (Phi) is 6.06. The van der Waals surface area contributed by atoms with Crippen molar-refractivity contribution in [3.8, 4) is 0 Å². The normalized spacial score (nSPS) is 14.5. The maximum atomic E-state index is 14.4. The van der Waals surface area contributed by atoms with Gasteiger partial charge >= 0.3 is 6.09 Å². The highest BCUT2D eigenvalue weighted by Crippen LogP contribution is 2.30. The van der Waals surface area contributed by atoms with Gasteiger partial charge in [0.05, 0.1) is 22.9 Å². The predicted molar refractivity (Wildman–Crippen MR) is 124 cm³/mol. The second kappa shape index (κ2) is 8.78. The molecule has 1 saturated heterocycles. The molecular weight excluding hydrogens is 433 g/mol. The zero-order valence-electron chi connectivity index (χ0n) is 18.2. The molecule has 3 aromatic rings. The first-order valence-corrected chi connectivity index (χ1v) is 10.8. The van der Waals surface area contributed by atoms with Crippen LogP contribution in [-0.2, 0) is 4.74 Å². The van der Waals surface area contributed by atoms with Gasteiger partial charge in [-0.25, -0.2) is 19.2 Å². The maximum Gasteiger partial charge on any atom is 0.411 e. The van der Waals surface area contributed by atoms with E-state index >= 15 is 0 Å². The Labute approximate surface area is 191 Å². The molecule has 1 aromatic heterocycles. The number of fused-ring (bicyclic) bond motifs is 1. The Morgan fingerprint density at radius 1 is 1.19 bits per heavy atom. The molecule has 32 heavy (non-hydrogen) atoms. The summed E-state index contributed by atoms with van der Waals surface area (Å²) >= 11 is 5.91. The third-order valence-electron chi connectivity index (χ3n) is 5.04. The van der Waals surface area contributed by atoms with Crippen molar-refractivity contribution in [2.75, 3.05) is 30.0 Å². The second-order valence-corrected chi connectivity index (χ2v) is 9.06. The molecule has 1 aliphatic heterocycles. The van der Waals surface area contributed by atoms with Crippen LogP contribution in [0.1, 0.15) is 27.2 Å². The van der Waals surface area contributed by atoms with Gasteiger partial charge < -0.3 is 15.0 Å². The Morgan fingerprint density at radius 3 is 2.78 bits per heavy atom. The molecule has 2 heterocycles.